The highest BCUT2D eigenvalue weighted by Crippen LogP contribution is 2.41. The summed E-state index contributed by atoms with van der Waals surface area (Å²) in [7, 11) is 1.81. The number of pyridine rings is 1. The van der Waals surface area contributed by atoms with Crippen LogP contribution in [0.4, 0.5) is 20.2 Å². The first-order valence-electron chi connectivity index (χ1n) is 8.54. The van der Waals surface area contributed by atoms with Crippen molar-refractivity contribution in [3.8, 4) is 22.5 Å². The molecule has 4 aromatic rings. The van der Waals surface area contributed by atoms with Crippen molar-refractivity contribution in [2.24, 2.45) is 12.0 Å². The minimum atomic E-state index is -0.749. The highest BCUT2D eigenvalue weighted by atomic mass is 35.5. The maximum atomic E-state index is 14.4. The maximum absolute atomic E-state index is 14.4. The first-order chi connectivity index (χ1) is 14.0. The van der Waals surface area contributed by atoms with E-state index in [1.54, 1.807) is 23.1 Å². The van der Waals surface area contributed by atoms with Gasteiger partial charge in [0, 0.05) is 24.4 Å². The van der Waals surface area contributed by atoms with Gasteiger partial charge in [0.2, 0.25) is 0 Å². The number of aromatic amines is 1. The third-order valence-electron chi connectivity index (χ3n) is 4.53. The summed E-state index contributed by atoms with van der Waals surface area (Å²) in [6.45, 7) is 0. The zero-order chi connectivity index (χ0) is 20.1. The van der Waals surface area contributed by atoms with E-state index >= 15 is 0 Å². The van der Waals surface area contributed by atoms with Crippen LogP contribution in [0.25, 0.3) is 22.5 Å². The van der Waals surface area contributed by atoms with Crippen LogP contribution >= 0.6 is 11.6 Å². The quantitative estimate of drug-likeness (QED) is 0.515. The molecule has 0 unspecified atom stereocenters. The molecular formula is C19H12ClF2N7. The average Bonchev–Trinajstić information content (AvgIpc) is 3.24. The lowest BCUT2D eigenvalue weighted by atomic mass is 10.1. The van der Waals surface area contributed by atoms with E-state index in [-0.39, 0.29) is 22.2 Å². The Morgan fingerprint density at radius 2 is 1.93 bits per heavy atom. The molecule has 0 fully saturated rings. The molecule has 2 N–H and O–H groups in total. The van der Waals surface area contributed by atoms with Crippen molar-refractivity contribution in [2.75, 3.05) is 5.32 Å². The number of aromatic nitrogens is 5. The fourth-order valence-corrected chi connectivity index (χ4v) is 3.35. The average molecular weight is 412 g/mol. The third-order valence-corrected chi connectivity index (χ3v) is 4.80. The van der Waals surface area contributed by atoms with Crippen molar-refractivity contribution < 1.29 is 8.78 Å². The maximum Gasteiger partial charge on any atom is 0.150 e. The molecule has 0 aliphatic carbocycles. The van der Waals surface area contributed by atoms with Gasteiger partial charge < -0.3 is 5.32 Å². The monoisotopic (exact) mass is 411 g/mol. The van der Waals surface area contributed by atoms with Gasteiger partial charge >= 0.3 is 0 Å². The number of fused-ring (bicyclic) bond motifs is 3. The fourth-order valence-electron chi connectivity index (χ4n) is 3.18. The van der Waals surface area contributed by atoms with Crippen LogP contribution in [0.2, 0.25) is 5.15 Å². The van der Waals surface area contributed by atoms with Gasteiger partial charge in [-0.25, -0.2) is 13.8 Å². The first kappa shape index (κ1) is 17.5. The number of amidine groups is 1. The van der Waals surface area contributed by atoms with E-state index in [0.29, 0.717) is 22.6 Å². The summed E-state index contributed by atoms with van der Waals surface area (Å²) < 4.78 is 30.5. The number of nitrogens with zero attached hydrogens (tertiary/aromatic N) is 5. The second-order valence-corrected chi connectivity index (χ2v) is 6.81. The lowest BCUT2D eigenvalue weighted by Crippen LogP contribution is -2.17. The predicted molar refractivity (Wildman–Crippen MR) is 105 cm³/mol. The Morgan fingerprint density at radius 3 is 2.66 bits per heavy atom. The van der Waals surface area contributed by atoms with Gasteiger partial charge in [0.05, 0.1) is 29.3 Å². The minimum Gasteiger partial charge on any atom is -0.338 e. The molecule has 0 saturated carbocycles. The Balaban J connectivity index is 1.72. The summed E-state index contributed by atoms with van der Waals surface area (Å²) in [6, 6.07) is 5.41. The van der Waals surface area contributed by atoms with Crippen molar-refractivity contribution >= 4 is 28.8 Å². The first-order valence-corrected chi connectivity index (χ1v) is 8.92. The number of H-pyrrole nitrogens is 1. The second kappa shape index (κ2) is 6.49. The normalized spacial score (nSPS) is 12.6. The van der Waals surface area contributed by atoms with Crippen LogP contribution in [-0.2, 0) is 7.05 Å². The molecule has 0 saturated heterocycles. The predicted octanol–water partition coefficient (Wildman–Crippen LogP) is 4.31. The van der Waals surface area contributed by atoms with Crippen molar-refractivity contribution in [1.82, 2.24) is 25.0 Å². The molecule has 1 aliphatic heterocycles. The SMILES string of the molecule is Cn1cc(-c2cc3c(cn2)NC(c2c(F)cccc2F)=Nc2c-3n[nH]c2Cl)cn1. The van der Waals surface area contributed by atoms with Crippen LogP contribution in [0, 0.1) is 11.6 Å². The number of aryl methyl sites for hydroxylation is 1. The van der Waals surface area contributed by atoms with Gasteiger partial charge in [-0.2, -0.15) is 10.2 Å². The molecule has 7 nitrogen and oxygen atoms in total. The minimum absolute atomic E-state index is 0.0279. The summed E-state index contributed by atoms with van der Waals surface area (Å²) in [6.07, 6.45) is 5.07. The molecule has 1 aromatic carbocycles. The van der Waals surface area contributed by atoms with Crippen LogP contribution in [0.3, 0.4) is 0 Å². The number of nitrogens with one attached hydrogen (secondary N) is 2. The van der Waals surface area contributed by atoms with Crippen LogP contribution < -0.4 is 5.32 Å². The molecule has 0 spiro atoms. The molecule has 0 amide bonds. The molecule has 5 rings (SSSR count). The Hall–Kier alpha value is -3.59. The number of aliphatic imine (C=N–C) groups is 1. The van der Waals surface area contributed by atoms with Crippen LogP contribution in [0.15, 0.2) is 47.8 Å². The molecule has 0 atom stereocenters. The molecule has 1 aliphatic rings. The van der Waals surface area contributed by atoms with Crippen molar-refractivity contribution in [3.63, 3.8) is 0 Å². The molecule has 10 heteroatoms. The lowest BCUT2D eigenvalue weighted by molar-refractivity contribution is 0.579. The molecule has 144 valence electrons. The summed E-state index contributed by atoms with van der Waals surface area (Å²) in [4.78, 5) is 8.81. The van der Waals surface area contributed by atoms with Gasteiger partial charge in [0.15, 0.2) is 5.15 Å². The number of hydrogen-bond acceptors (Lipinski definition) is 5. The lowest BCUT2D eigenvalue weighted by Gasteiger charge is -2.12. The van der Waals surface area contributed by atoms with Crippen LogP contribution in [-0.4, -0.2) is 30.8 Å². The summed E-state index contributed by atoms with van der Waals surface area (Å²) >= 11 is 6.22. The topological polar surface area (TPSA) is 83.8 Å². The highest BCUT2D eigenvalue weighted by Gasteiger charge is 2.26. The van der Waals surface area contributed by atoms with E-state index in [1.165, 1.54) is 6.07 Å². The Kier molecular flexibility index (Phi) is 3.92. The summed E-state index contributed by atoms with van der Waals surface area (Å²) in [5.41, 5.74) is 3.01. The van der Waals surface area contributed by atoms with Crippen LogP contribution in [0.1, 0.15) is 5.56 Å². The molecule has 3 aromatic heterocycles. The molecule has 29 heavy (non-hydrogen) atoms. The summed E-state index contributed by atoms with van der Waals surface area (Å²) in [5, 5.41) is 14.2. The number of hydrogen-bond donors (Lipinski definition) is 2. The zero-order valence-corrected chi connectivity index (χ0v) is 15.7. The van der Waals surface area contributed by atoms with E-state index in [1.807, 2.05) is 13.2 Å². The van der Waals surface area contributed by atoms with E-state index in [0.717, 1.165) is 17.7 Å². The van der Waals surface area contributed by atoms with E-state index < -0.39 is 11.6 Å². The number of halogens is 3. The molecule has 0 bridgehead atoms. The van der Waals surface area contributed by atoms with Gasteiger partial charge in [0.25, 0.3) is 0 Å². The molecular weight excluding hydrogens is 400 g/mol. The van der Waals surface area contributed by atoms with Crippen molar-refractivity contribution in [3.05, 3.63) is 65.2 Å². The van der Waals surface area contributed by atoms with Crippen molar-refractivity contribution in [2.45, 2.75) is 0 Å². The van der Waals surface area contributed by atoms with Gasteiger partial charge in [-0.05, 0) is 18.2 Å². The number of benzene rings is 1. The van der Waals surface area contributed by atoms with Crippen LogP contribution in [0.5, 0.6) is 0 Å². The van der Waals surface area contributed by atoms with E-state index in [9.17, 15) is 8.78 Å². The van der Waals surface area contributed by atoms with Gasteiger partial charge in [-0.15, -0.1) is 0 Å². The van der Waals surface area contributed by atoms with E-state index in [2.05, 4.69) is 30.6 Å². The second-order valence-electron chi connectivity index (χ2n) is 6.43. The van der Waals surface area contributed by atoms with Gasteiger partial charge in [-0.3, -0.25) is 14.8 Å². The molecule has 0 radical (unpaired) electrons. The van der Waals surface area contributed by atoms with Gasteiger partial charge in [0.1, 0.15) is 28.9 Å². The standard InChI is InChI=1S/C19H12ClF2N7/c1-29-8-9(6-24-29)13-5-10-14(7-23-13)25-19(15-11(21)3-2-4-12(15)22)26-17-16(10)27-28-18(17)20/h2-8H,1H3,(H,25,26)(H,27,28). The number of rotatable bonds is 2. The zero-order valence-electron chi connectivity index (χ0n) is 14.9. The number of anilines is 1. The Morgan fingerprint density at radius 1 is 1.14 bits per heavy atom. The highest BCUT2D eigenvalue weighted by molar-refractivity contribution is 6.33. The van der Waals surface area contributed by atoms with Crippen molar-refractivity contribution in [1.29, 1.82) is 0 Å². The van der Waals surface area contributed by atoms with E-state index in [4.69, 9.17) is 11.6 Å². The summed E-state index contributed by atoms with van der Waals surface area (Å²) in [5.74, 6) is -1.53. The fraction of sp³-hybridized carbons (Fsp3) is 0.0526. The Labute approximate surface area is 168 Å². The largest absolute Gasteiger partial charge is 0.338 e. The smallest absolute Gasteiger partial charge is 0.150 e. The van der Waals surface area contributed by atoms with Gasteiger partial charge in [-0.1, -0.05) is 17.7 Å². The molecule has 4 heterocycles. The Bertz CT molecular complexity index is 1270. The third kappa shape index (κ3) is 2.87.